The molecule has 1 saturated heterocycles. The zero-order chi connectivity index (χ0) is 15.5. The number of piperazine rings is 1. The molecule has 0 aromatic carbocycles. The van der Waals surface area contributed by atoms with Gasteiger partial charge in [0.05, 0.1) is 11.9 Å². The number of hydrogen-bond donors (Lipinski definition) is 0. The van der Waals surface area contributed by atoms with Crippen LogP contribution >= 0.6 is 0 Å². The van der Waals surface area contributed by atoms with Crippen molar-refractivity contribution in [3.8, 4) is 0 Å². The lowest BCUT2D eigenvalue weighted by Gasteiger charge is -2.36. The average Bonchev–Trinajstić information content (AvgIpc) is 3.05. The summed E-state index contributed by atoms with van der Waals surface area (Å²) in [6, 6.07) is 5.98. The van der Waals surface area contributed by atoms with E-state index in [4.69, 9.17) is 0 Å². The van der Waals surface area contributed by atoms with Gasteiger partial charge in [0.15, 0.2) is 0 Å². The minimum Gasteiger partial charge on any atom is -0.367 e. The number of pyridine rings is 1. The molecule has 1 fully saturated rings. The number of nitrogens with zero attached hydrogens (tertiary/aromatic N) is 5. The Bertz CT molecular complexity index is 629. The van der Waals surface area contributed by atoms with Crippen LogP contribution in [0.1, 0.15) is 30.4 Å². The van der Waals surface area contributed by atoms with Gasteiger partial charge >= 0.3 is 0 Å². The molecule has 6 nitrogen and oxygen atoms in total. The molecule has 0 saturated carbocycles. The molecule has 3 heterocycles. The minimum atomic E-state index is 0.0667. The molecule has 0 unspecified atom stereocenters. The third kappa shape index (κ3) is 2.81. The SMILES string of the molecule is CC(C)n1nccc1C(=O)N1CCN(c2cccnc2)CC1. The number of rotatable bonds is 3. The zero-order valence-corrected chi connectivity index (χ0v) is 13.0. The third-order valence-corrected chi connectivity index (χ3v) is 3.96. The Kier molecular flexibility index (Phi) is 4.09. The highest BCUT2D eigenvalue weighted by Gasteiger charge is 2.25. The number of amides is 1. The number of carbonyl (C=O) groups is 1. The zero-order valence-electron chi connectivity index (χ0n) is 13.0. The maximum Gasteiger partial charge on any atom is 0.272 e. The van der Waals surface area contributed by atoms with Crippen LogP contribution in [0, 0.1) is 0 Å². The lowest BCUT2D eigenvalue weighted by Crippen LogP contribution is -2.49. The number of aromatic nitrogens is 3. The van der Waals surface area contributed by atoms with Crippen molar-refractivity contribution in [2.24, 2.45) is 0 Å². The van der Waals surface area contributed by atoms with Gasteiger partial charge in [-0.15, -0.1) is 0 Å². The molecule has 1 aliphatic rings. The van der Waals surface area contributed by atoms with Gasteiger partial charge in [-0.1, -0.05) is 0 Å². The van der Waals surface area contributed by atoms with E-state index in [0.29, 0.717) is 5.69 Å². The second kappa shape index (κ2) is 6.17. The summed E-state index contributed by atoms with van der Waals surface area (Å²) in [5.41, 5.74) is 1.78. The van der Waals surface area contributed by atoms with E-state index < -0.39 is 0 Å². The third-order valence-electron chi connectivity index (χ3n) is 3.96. The van der Waals surface area contributed by atoms with Gasteiger partial charge < -0.3 is 9.80 Å². The van der Waals surface area contributed by atoms with Crippen LogP contribution < -0.4 is 4.90 Å². The van der Waals surface area contributed by atoms with Crippen LogP contribution in [0.3, 0.4) is 0 Å². The van der Waals surface area contributed by atoms with Crippen LogP contribution in [-0.2, 0) is 0 Å². The lowest BCUT2D eigenvalue weighted by atomic mass is 10.2. The van der Waals surface area contributed by atoms with Gasteiger partial charge in [-0.05, 0) is 32.0 Å². The topological polar surface area (TPSA) is 54.3 Å². The van der Waals surface area contributed by atoms with Crippen LogP contribution in [0.2, 0.25) is 0 Å². The molecule has 0 atom stereocenters. The first-order valence-electron chi connectivity index (χ1n) is 7.64. The molecule has 22 heavy (non-hydrogen) atoms. The van der Waals surface area contributed by atoms with Crippen molar-refractivity contribution in [1.82, 2.24) is 19.7 Å². The summed E-state index contributed by atoms with van der Waals surface area (Å²) >= 11 is 0. The van der Waals surface area contributed by atoms with Crippen molar-refractivity contribution < 1.29 is 4.79 Å². The summed E-state index contributed by atoms with van der Waals surface area (Å²) < 4.78 is 1.79. The molecule has 0 radical (unpaired) electrons. The van der Waals surface area contributed by atoms with Gasteiger partial charge in [-0.25, -0.2) is 0 Å². The molecule has 1 aliphatic heterocycles. The van der Waals surface area contributed by atoms with E-state index in [1.54, 1.807) is 23.1 Å². The predicted molar refractivity (Wildman–Crippen MR) is 85.0 cm³/mol. The van der Waals surface area contributed by atoms with Gasteiger partial charge in [-0.2, -0.15) is 5.10 Å². The second-order valence-electron chi connectivity index (χ2n) is 5.75. The first kappa shape index (κ1) is 14.6. The normalized spacial score (nSPS) is 15.4. The second-order valence-corrected chi connectivity index (χ2v) is 5.75. The number of hydrogen-bond acceptors (Lipinski definition) is 4. The highest BCUT2D eigenvalue weighted by Crippen LogP contribution is 2.17. The maximum atomic E-state index is 12.7. The molecular formula is C16H21N5O. The van der Waals surface area contributed by atoms with Crippen LogP contribution in [0.5, 0.6) is 0 Å². The smallest absolute Gasteiger partial charge is 0.272 e. The van der Waals surface area contributed by atoms with E-state index in [1.807, 2.05) is 31.0 Å². The van der Waals surface area contributed by atoms with Crippen LogP contribution in [0.15, 0.2) is 36.8 Å². The fourth-order valence-corrected chi connectivity index (χ4v) is 2.77. The number of anilines is 1. The van der Waals surface area contributed by atoms with Crippen molar-refractivity contribution in [1.29, 1.82) is 0 Å². The Labute approximate surface area is 130 Å². The quantitative estimate of drug-likeness (QED) is 0.867. The molecular weight excluding hydrogens is 278 g/mol. The van der Waals surface area contributed by atoms with Gasteiger partial charge in [0, 0.05) is 44.6 Å². The van der Waals surface area contributed by atoms with Crippen LogP contribution in [0.4, 0.5) is 5.69 Å². The monoisotopic (exact) mass is 299 g/mol. The molecule has 0 bridgehead atoms. The van der Waals surface area contributed by atoms with Crippen molar-refractivity contribution in [2.45, 2.75) is 19.9 Å². The molecule has 0 N–H and O–H groups in total. The average molecular weight is 299 g/mol. The van der Waals surface area contributed by atoms with Crippen molar-refractivity contribution in [2.75, 3.05) is 31.1 Å². The Hall–Kier alpha value is -2.37. The molecule has 2 aromatic heterocycles. The fraction of sp³-hybridized carbons (Fsp3) is 0.438. The minimum absolute atomic E-state index is 0.0667. The Morgan fingerprint density at radius 3 is 2.55 bits per heavy atom. The van der Waals surface area contributed by atoms with E-state index in [-0.39, 0.29) is 11.9 Å². The van der Waals surface area contributed by atoms with E-state index in [2.05, 4.69) is 21.0 Å². The highest BCUT2D eigenvalue weighted by atomic mass is 16.2. The molecule has 2 aromatic rings. The molecule has 6 heteroatoms. The summed E-state index contributed by atoms with van der Waals surface area (Å²) in [5.74, 6) is 0.0667. The summed E-state index contributed by atoms with van der Waals surface area (Å²) in [4.78, 5) is 21.0. The Morgan fingerprint density at radius 2 is 1.91 bits per heavy atom. The largest absolute Gasteiger partial charge is 0.367 e. The van der Waals surface area contributed by atoms with Crippen LogP contribution in [-0.4, -0.2) is 51.8 Å². The molecule has 0 aliphatic carbocycles. The summed E-state index contributed by atoms with van der Waals surface area (Å²) in [6.45, 7) is 7.16. The van der Waals surface area contributed by atoms with Crippen molar-refractivity contribution in [3.63, 3.8) is 0 Å². The van der Waals surface area contributed by atoms with Crippen molar-refractivity contribution in [3.05, 3.63) is 42.5 Å². The maximum absolute atomic E-state index is 12.7. The fourth-order valence-electron chi connectivity index (χ4n) is 2.77. The van der Waals surface area contributed by atoms with E-state index in [1.165, 1.54) is 0 Å². The molecule has 116 valence electrons. The molecule has 0 spiro atoms. The van der Waals surface area contributed by atoms with Gasteiger partial charge in [0.25, 0.3) is 5.91 Å². The van der Waals surface area contributed by atoms with Gasteiger partial charge in [-0.3, -0.25) is 14.5 Å². The predicted octanol–water partition coefficient (Wildman–Crippen LogP) is 1.82. The highest BCUT2D eigenvalue weighted by molar-refractivity contribution is 5.92. The Morgan fingerprint density at radius 1 is 1.14 bits per heavy atom. The van der Waals surface area contributed by atoms with E-state index in [0.717, 1.165) is 31.9 Å². The summed E-state index contributed by atoms with van der Waals surface area (Å²) in [6.07, 6.45) is 5.33. The summed E-state index contributed by atoms with van der Waals surface area (Å²) in [7, 11) is 0. The lowest BCUT2D eigenvalue weighted by molar-refractivity contribution is 0.0732. The molecule has 1 amide bonds. The van der Waals surface area contributed by atoms with E-state index >= 15 is 0 Å². The standard InChI is InChI=1S/C16H21N5O/c1-13(2)21-15(5-7-18-21)16(22)20-10-8-19(9-11-20)14-4-3-6-17-12-14/h3-7,12-13H,8-11H2,1-2H3. The van der Waals surface area contributed by atoms with Crippen molar-refractivity contribution >= 4 is 11.6 Å². The van der Waals surface area contributed by atoms with Crippen LogP contribution in [0.25, 0.3) is 0 Å². The van der Waals surface area contributed by atoms with Gasteiger partial charge in [0.2, 0.25) is 0 Å². The molecule has 3 rings (SSSR count). The van der Waals surface area contributed by atoms with E-state index in [9.17, 15) is 4.79 Å². The first-order valence-corrected chi connectivity index (χ1v) is 7.64. The van der Waals surface area contributed by atoms with Gasteiger partial charge in [0.1, 0.15) is 5.69 Å². The summed E-state index contributed by atoms with van der Waals surface area (Å²) in [5, 5.41) is 4.24. The Balaban J connectivity index is 1.66. The number of carbonyl (C=O) groups excluding carboxylic acids is 1. The first-order chi connectivity index (χ1) is 10.7.